The maximum absolute atomic E-state index is 12.5. The molecule has 3 N–H and O–H groups in total. The highest BCUT2D eigenvalue weighted by Gasteiger charge is 2.18. The van der Waals surface area contributed by atoms with Crippen LogP contribution in [0.4, 0.5) is 0 Å². The number of carbonyl (C=O) groups excluding carboxylic acids is 2. The van der Waals surface area contributed by atoms with Crippen LogP contribution < -0.4 is 5.32 Å². The Hall–Kier alpha value is -1.92. The molecular weight excluding hydrogens is 983 g/mol. The number of unbranched alkanes of at least 4 members (excludes halogenated alkanes) is 53. The van der Waals surface area contributed by atoms with E-state index in [1.807, 2.05) is 6.08 Å². The number of ether oxygens (including phenoxy) is 1. The Kier molecular flexibility index (Phi) is 67.9. The van der Waals surface area contributed by atoms with E-state index in [2.05, 4.69) is 43.5 Å². The van der Waals surface area contributed by atoms with Gasteiger partial charge in [-0.15, -0.1) is 0 Å². The summed E-state index contributed by atoms with van der Waals surface area (Å²) in [7, 11) is 0. The molecule has 0 saturated heterocycles. The van der Waals surface area contributed by atoms with Gasteiger partial charge in [0.15, 0.2) is 0 Å². The lowest BCUT2D eigenvalue weighted by molar-refractivity contribution is -0.143. The van der Waals surface area contributed by atoms with Crippen molar-refractivity contribution in [2.75, 3.05) is 13.2 Å². The van der Waals surface area contributed by atoms with Crippen LogP contribution in [0.2, 0.25) is 0 Å². The van der Waals surface area contributed by atoms with Gasteiger partial charge < -0.3 is 20.3 Å². The van der Waals surface area contributed by atoms with Crippen LogP contribution in [0, 0.1) is 0 Å². The topological polar surface area (TPSA) is 95.9 Å². The molecular formula is C74H141NO5. The fourth-order valence-electron chi connectivity index (χ4n) is 11.3. The minimum absolute atomic E-state index is 0.0114. The van der Waals surface area contributed by atoms with E-state index in [1.54, 1.807) is 6.08 Å². The molecule has 0 rings (SSSR count). The molecule has 0 radical (unpaired) electrons. The molecule has 0 heterocycles. The summed E-state index contributed by atoms with van der Waals surface area (Å²) in [5.41, 5.74) is 0. The molecule has 0 bridgehead atoms. The van der Waals surface area contributed by atoms with Gasteiger partial charge in [0.25, 0.3) is 0 Å². The minimum Gasteiger partial charge on any atom is -0.466 e. The fourth-order valence-corrected chi connectivity index (χ4v) is 11.3. The molecule has 2 unspecified atom stereocenters. The zero-order valence-electron chi connectivity index (χ0n) is 54.1. The summed E-state index contributed by atoms with van der Waals surface area (Å²) in [5.74, 6) is -0.0517. The Bertz CT molecular complexity index is 1300. The number of hydrogen-bond acceptors (Lipinski definition) is 5. The quantitative estimate of drug-likeness (QED) is 0.0320. The number of aliphatic hydroxyl groups is 2. The second kappa shape index (κ2) is 69.6. The van der Waals surface area contributed by atoms with Gasteiger partial charge in [-0.3, -0.25) is 9.59 Å². The van der Waals surface area contributed by atoms with E-state index in [0.717, 1.165) is 44.9 Å². The number of hydrogen-bond donors (Lipinski definition) is 3. The smallest absolute Gasteiger partial charge is 0.305 e. The molecule has 0 fully saturated rings. The first-order valence-electron chi connectivity index (χ1n) is 36.3. The molecule has 472 valence electrons. The Labute approximate surface area is 500 Å². The average molecular weight is 1120 g/mol. The highest BCUT2D eigenvalue weighted by molar-refractivity contribution is 5.76. The molecule has 0 aromatic rings. The number of nitrogens with one attached hydrogen (secondary N) is 1. The molecule has 0 spiro atoms. The second-order valence-electron chi connectivity index (χ2n) is 24.9. The molecule has 2 atom stereocenters. The molecule has 0 saturated carbocycles. The summed E-state index contributed by atoms with van der Waals surface area (Å²) in [5, 5.41) is 23.1. The predicted octanol–water partition coefficient (Wildman–Crippen LogP) is 23.5. The standard InChI is InChI=1S/C74H141NO5/c1-3-5-7-9-11-13-15-17-19-40-44-48-52-56-60-64-68-74(79)80-69-65-61-57-53-49-45-41-38-36-34-32-30-28-26-24-22-20-21-23-25-27-29-31-33-35-37-39-43-47-51-55-59-63-67-73(78)75-71(70-76)72(77)66-62-58-54-50-46-42-18-16-14-12-10-8-6-4-2/h19,24,26,40,62,66,71-72,76-77H,3-18,20-23,25,27-39,41-61,63-65,67-70H2,1-2H3,(H,75,78)/b26-24-,40-19-,66-62+. The van der Waals surface area contributed by atoms with E-state index in [4.69, 9.17) is 4.74 Å². The molecule has 0 aromatic heterocycles. The van der Waals surface area contributed by atoms with Crippen molar-refractivity contribution in [1.29, 1.82) is 0 Å². The van der Waals surface area contributed by atoms with Crippen LogP contribution in [0.25, 0.3) is 0 Å². The largest absolute Gasteiger partial charge is 0.466 e. The number of allylic oxidation sites excluding steroid dienone is 5. The number of amides is 1. The monoisotopic (exact) mass is 1120 g/mol. The lowest BCUT2D eigenvalue weighted by Crippen LogP contribution is -2.45. The van der Waals surface area contributed by atoms with Crippen molar-refractivity contribution >= 4 is 11.9 Å². The molecule has 6 heteroatoms. The molecule has 1 amide bonds. The summed E-state index contributed by atoms with van der Waals surface area (Å²) >= 11 is 0. The predicted molar refractivity (Wildman–Crippen MR) is 352 cm³/mol. The lowest BCUT2D eigenvalue weighted by Gasteiger charge is -2.20. The van der Waals surface area contributed by atoms with E-state index < -0.39 is 12.1 Å². The maximum Gasteiger partial charge on any atom is 0.305 e. The first-order valence-corrected chi connectivity index (χ1v) is 36.3. The van der Waals surface area contributed by atoms with Crippen molar-refractivity contribution in [2.24, 2.45) is 0 Å². The third-order valence-corrected chi connectivity index (χ3v) is 16.9. The summed E-state index contributed by atoms with van der Waals surface area (Å²) in [6.07, 6.45) is 89.5. The zero-order chi connectivity index (χ0) is 57.8. The van der Waals surface area contributed by atoms with Crippen LogP contribution in [0.1, 0.15) is 399 Å². The van der Waals surface area contributed by atoms with E-state index >= 15 is 0 Å². The first-order chi connectivity index (χ1) is 39.5. The first kappa shape index (κ1) is 78.1. The van der Waals surface area contributed by atoms with Crippen molar-refractivity contribution in [3.8, 4) is 0 Å². The van der Waals surface area contributed by atoms with Gasteiger partial charge in [-0.1, -0.05) is 339 Å². The van der Waals surface area contributed by atoms with E-state index in [1.165, 1.54) is 327 Å². The number of carbonyl (C=O) groups is 2. The van der Waals surface area contributed by atoms with Crippen molar-refractivity contribution in [1.82, 2.24) is 5.32 Å². The van der Waals surface area contributed by atoms with Crippen LogP contribution in [0.5, 0.6) is 0 Å². The SMILES string of the molecule is CCCCCCCCC/C=C\CCCCCCCC(=O)OCCCCCCCCCCCCCC/C=C\CCCCCCCCCCCCCCCCCCCC(=O)NC(CO)C(O)/C=C/CCCCCCCCCCCCCC. The molecule has 0 aliphatic heterocycles. The second-order valence-corrected chi connectivity index (χ2v) is 24.9. The summed E-state index contributed by atoms with van der Waals surface area (Å²) in [6, 6.07) is -0.625. The van der Waals surface area contributed by atoms with Crippen molar-refractivity contribution in [3.05, 3.63) is 36.5 Å². The van der Waals surface area contributed by atoms with Crippen LogP contribution in [0.3, 0.4) is 0 Å². The van der Waals surface area contributed by atoms with E-state index in [-0.39, 0.29) is 18.5 Å². The molecule has 80 heavy (non-hydrogen) atoms. The third kappa shape index (κ3) is 65.2. The Morgan fingerprint density at radius 2 is 0.588 bits per heavy atom. The number of rotatable bonds is 68. The van der Waals surface area contributed by atoms with E-state index in [9.17, 15) is 19.8 Å². The summed E-state index contributed by atoms with van der Waals surface area (Å²) in [4.78, 5) is 24.6. The Balaban J connectivity index is 3.35. The minimum atomic E-state index is -0.842. The highest BCUT2D eigenvalue weighted by Crippen LogP contribution is 2.18. The number of aliphatic hydroxyl groups excluding tert-OH is 2. The lowest BCUT2D eigenvalue weighted by atomic mass is 10.0. The molecule has 6 nitrogen and oxygen atoms in total. The number of esters is 1. The maximum atomic E-state index is 12.5. The Morgan fingerprint density at radius 1 is 0.338 bits per heavy atom. The van der Waals surface area contributed by atoms with Crippen LogP contribution in [-0.4, -0.2) is 47.4 Å². The van der Waals surface area contributed by atoms with Crippen molar-refractivity contribution in [3.63, 3.8) is 0 Å². The van der Waals surface area contributed by atoms with Crippen LogP contribution >= 0.6 is 0 Å². The average Bonchev–Trinajstić information content (AvgIpc) is 3.46. The molecule has 0 aliphatic carbocycles. The van der Waals surface area contributed by atoms with Gasteiger partial charge in [0.1, 0.15) is 0 Å². The summed E-state index contributed by atoms with van der Waals surface area (Å²) in [6.45, 7) is 4.92. The third-order valence-electron chi connectivity index (χ3n) is 16.9. The Morgan fingerprint density at radius 3 is 0.887 bits per heavy atom. The van der Waals surface area contributed by atoms with Gasteiger partial charge in [0.2, 0.25) is 5.91 Å². The molecule has 0 aliphatic rings. The van der Waals surface area contributed by atoms with Gasteiger partial charge in [-0.25, -0.2) is 0 Å². The fraction of sp³-hybridized carbons (Fsp3) is 0.892. The molecule has 0 aromatic carbocycles. The van der Waals surface area contributed by atoms with Gasteiger partial charge in [-0.05, 0) is 83.5 Å². The van der Waals surface area contributed by atoms with Gasteiger partial charge in [0, 0.05) is 12.8 Å². The van der Waals surface area contributed by atoms with Gasteiger partial charge in [0.05, 0.1) is 25.4 Å². The normalized spacial score (nSPS) is 12.7. The van der Waals surface area contributed by atoms with Gasteiger partial charge in [-0.2, -0.15) is 0 Å². The zero-order valence-corrected chi connectivity index (χ0v) is 54.1. The van der Waals surface area contributed by atoms with Crippen LogP contribution in [-0.2, 0) is 14.3 Å². The van der Waals surface area contributed by atoms with Crippen molar-refractivity contribution in [2.45, 2.75) is 411 Å². The van der Waals surface area contributed by atoms with Crippen molar-refractivity contribution < 1.29 is 24.5 Å². The van der Waals surface area contributed by atoms with E-state index in [0.29, 0.717) is 19.4 Å². The van der Waals surface area contributed by atoms with Gasteiger partial charge >= 0.3 is 5.97 Å². The summed E-state index contributed by atoms with van der Waals surface area (Å²) < 4.78 is 5.50. The highest BCUT2D eigenvalue weighted by atomic mass is 16.5. The van der Waals surface area contributed by atoms with Crippen LogP contribution in [0.15, 0.2) is 36.5 Å².